The van der Waals surface area contributed by atoms with Gasteiger partial charge in [-0.05, 0) is 49.6 Å². The first-order valence-electron chi connectivity index (χ1n) is 9.78. The molecule has 31 heavy (non-hydrogen) atoms. The molecule has 1 aromatic heterocycles. The van der Waals surface area contributed by atoms with E-state index in [9.17, 15) is 22.8 Å². The smallest absolute Gasteiger partial charge is 0.424 e. The molecule has 1 saturated carbocycles. The Bertz CT molecular complexity index is 1060. The van der Waals surface area contributed by atoms with Crippen molar-refractivity contribution in [2.75, 3.05) is 0 Å². The van der Waals surface area contributed by atoms with Crippen LogP contribution in [0.15, 0.2) is 48.1 Å². The first-order valence-corrected chi connectivity index (χ1v) is 10.7. The summed E-state index contributed by atoms with van der Waals surface area (Å²) in [5.41, 5.74) is 5.01. The number of fused-ring (bicyclic) bond motifs is 1. The van der Waals surface area contributed by atoms with E-state index in [2.05, 4.69) is 4.98 Å². The number of benzene rings is 1. The number of rotatable bonds is 4. The van der Waals surface area contributed by atoms with Crippen LogP contribution in [0.5, 0.6) is 0 Å². The van der Waals surface area contributed by atoms with E-state index < -0.39 is 35.7 Å². The summed E-state index contributed by atoms with van der Waals surface area (Å²) in [6.07, 6.45) is 0.823. The third kappa shape index (κ3) is 3.80. The number of aromatic nitrogens is 1. The molecule has 2 aromatic rings. The normalized spacial score (nSPS) is 26.2. The van der Waals surface area contributed by atoms with Crippen LogP contribution < -0.4 is 5.73 Å². The third-order valence-corrected chi connectivity index (χ3v) is 6.55. The van der Waals surface area contributed by atoms with Crippen LogP contribution >= 0.6 is 11.3 Å². The third-order valence-electron chi connectivity index (χ3n) is 5.74. The van der Waals surface area contributed by atoms with Crippen LogP contribution in [-0.2, 0) is 9.53 Å². The summed E-state index contributed by atoms with van der Waals surface area (Å²) in [6.45, 7) is 0. The van der Waals surface area contributed by atoms with Gasteiger partial charge < -0.3 is 15.4 Å². The molecule has 0 saturated heterocycles. The molecular formula is C21H20F3N3O3S. The highest BCUT2D eigenvalue weighted by Gasteiger charge is 2.63. The van der Waals surface area contributed by atoms with Gasteiger partial charge in [0.15, 0.2) is 0 Å². The zero-order valence-electron chi connectivity index (χ0n) is 16.3. The summed E-state index contributed by atoms with van der Waals surface area (Å²) in [5, 5.41) is 0. The predicted octanol–water partition coefficient (Wildman–Crippen LogP) is 3.94. The Morgan fingerprint density at radius 2 is 2.06 bits per heavy atom. The fourth-order valence-electron chi connectivity index (χ4n) is 4.22. The Hall–Kier alpha value is -2.88. The SMILES string of the molecule is NC(=O)C1(C(F)(F)F)C=CC=CN1C1CCCC(OC(=O)c2ccc3scnc3c2)C1. The second kappa shape index (κ2) is 7.99. The van der Waals surface area contributed by atoms with Gasteiger partial charge in [-0.25, -0.2) is 9.78 Å². The molecule has 0 spiro atoms. The topological polar surface area (TPSA) is 85.5 Å². The number of allylic oxidation sites excluding steroid dienone is 2. The van der Waals surface area contributed by atoms with Crippen LogP contribution in [0.4, 0.5) is 13.2 Å². The van der Waals surface area contributed by atoms with Crippen molar-refractivity contribution < 1.29 is 27.5 Å². The van der Waals surface area contributed by atoms with Crippen molar-refractivity contribution in [1.82, 2.24) is 9.88 Å². The Morgan fingerprint density at radius 3 is 2.81 bits per heavy atom. The van der Waals surface area contributed by atoms with Gasteiger partial charge in [-0.15, -0.1) is 11.3 Å². The fraction of sp³-hybridized carbons (Fsp3) is 0.381. The maximum absolute atomic E-state index is 14.0. The number of hydrogen-bond acceptors (Lipinski definition) is 6. The second-order valence-corrected chi connectivity index (χ2v) is 8.51. The van der Waals surface area contributed by atoms with Crippen molar-refractivity contribution >= 4 is 33.4 Å². The van der Waals surface area contributed by atoms with Gasteiger partial charge in [0.25, 0.3) is 5.91 Å². The number of primary amides is 1. The summed E-state index contributed by atoms with van der Waals surface area (Å²) in [4.78, 5) is 29.8. The van der Waals surface area contributed by atoms with Crippen LogP contribution in [0.25, 0.3) is 10.2 Å². The summed E-state index contributed by atoms with van der Waals surface area (Å²) >= 11 is 1.45. The van der Waals surface area contributed by atoms with Crippen LogP contribution in [0.3, 0.4) is 0 Å². The van der Waals surface area contributed by atoms with Gasteiger partial charge in [-0.1, -0.05) is 6.08 Å². The maximum Gasteiger partial charge on any atom is 0.424 e. The number of nitrogens with zero attached hydrogens (tertiary/aromatic N) is 2. The minimum absolute atomic E-state index is 0.161. The number of ether oxygens (including phenoxy) is 1. The summed E-state index contributed by atoms with van der Waals surface area (Å²) in [5.74, 6) is -2.04. The van der Waals surface area contributed by atoms with Crippen molar-refractivity contribution in [1.29, 1.82) is 0 Å². The number of carbonyl (C=O) groups is 2. The molecule has 1 aliphatic heterocycles. The molecule has 2 aliphatic rings. The van der Waals surface area contributed by atoms with Gasteiger partial charge >= 0.3 is 12.1 Å². The Morgan fingerprint density at radius 1 is 1.26 bits per heavy atom. The molecule has 3 unspecified atom stereocenters. The van der Waals surface area contributed by atoms with E-state index in [0.29, 0.717) is 30.3 Å². The molecule has 2 heterocycles. The van der Waals surface area contributed by atoms with E-state index in [1.807, 2.05) is 0 Å². The number of hydrogen-bond donors (Lipinski definition) is 1. The monoisotopic (exact) mass is 451 g/mol. The van der Waals surface area contributed by atoms with Gasteiger partial charge in [0.05, 0.1) is 21.3 Å². The van der Waals surface area contributed by atoms with Crippen LogP contribution in [0.2, 0.25) is 0 Å². The zero-order chi connectivity index (χ0) is 22.2. The number of carbonyl (C=O) groups excluding carboxylic acids is 2. The van der Waals surface area contributed by atoms with Gasteiger partial charge in [0, 0.05) is 18.7 Å². The van der Waals surface area contributed by atoms with Crippen molar-refractivity contribution in [3.63, 3.8) is 0 Å². The summed E-state index contributed by atoms with van der Waals surface area (Å²) in [7, 11) is 0. The van der Waals surface area contributed by atoms with Gasteiger partial charge in [0.1, 0.15) is 6.10 Å². The number of amides is 1. The number of halogens is 3. The quantitative estimate of drug-likeness (QED) is 0.712. The van der Waals surface area contributed by atoms with Gasteiger partial charge in [0.2, 0.25) is 5.54 Å². The molecule has 0 radical (unpaired) electrons. The molecule has 164 valence electrons. The Labute approximate surface area is 180 Å². The lowest BCUT2D eigenvalue weighted by Gasteiger charge is -2.47. The van der Waals surface area contributed by atoms with Crippen molar-refractivity contribution in [2.24, 2.45) is 5.73 Å². The molecule has 2 N–H and O–H groups in total. The first-order chi connectivity index (χ1) is 14.7. The van der Waals surface area contributed by atoms with E-state index in [1.165, 1.54) is 29.7 Å². The van der Waals surface area contributed by atoms with Gasteiger partial charge in [-0.3, -0.25) is 4.79 Å². The van der Waals surface area contributed by atoms with E-state index in [0.717, 1.165) is 15.7 Å². The van der Waals surface area contributed by atoms with E-state index in [-0.39, 0.29) is 6.42 Å². The fourth-order valence-corrected chi connectivity index (χ4v) is 4.88. The highest BCUT2D eigenvalue weighted by Crippen LogP contribution is 2.42. The number of nitrogens with two attached hydrogens (primary N) is 1. The minimum Gasteiger partial charge on any atom is -0.459 e. The van der Waals surface area contributed by atoms with E-state index in [1.54, 1.807) is 23.7 Å². The Balaban J connectivity index is 1.52. The molecule has 6 nitrogen and oxygen atoms in total. The molecular weight excluding hydrogens is 431 g/mol. The molecule has 1 aliphatic carbocycles. The molecule has 3 atom stereocenters. The molecule has 1 amide bonds. The lowest BCUT2D eigenvalue weighted by Crippen LogP contribution is -2.66. The summed E-state index contributed by atoms with van der Waals surface area (Å²) in [6, 6.07) is 4.39. The van der Waals surface area contributed by atoms with Gasteiger partial charge in [-0.2, -0.15) is 13.2 Å². The Kier molecular flexibility index (Phi) is 5.50. The molecule has 1 aromatic carbocycles. The highest BCUT2D eigenvalue weighted by atomic mass is 32.1. The number of alkyl halides is 3. The number of thiazole rings is 1. The van der Waals surface area contributed by atoms with Crippen LogP contribution in [0.1, 0.15) is 36.0 Å². The number of esters is 1. The molecule has 0 bridgehead atoms. The maximum atomic E-state index is 14.0. The molecule has 4 rings (SSSR count). The predicted molar refractivity (Wildman–Crippen MR) is 109 cm³/mol. The average Bonchev–Trinajstić information content (AvgIpc) is 3.20. The van der Waals surface area contributed by atoms with Crippen molar-refractivity contribution in [3.8, 4) is 0 Å². The lowest BCUT2D eigenvalue weighted by molar-refractivity contribution is -0.213. The lowest BCUT2D eigenvalue weighted by atomic mass is 9.85. The van der Waals surface area contributed by atoms with Crippen LogP contribution in [-0.4, -0.2) is 45.6 Å². The van der Waals surface area contributed by atoms with Crippen molar-refractivity contribution in [2.45, 2.75) is 49.5 Å². The molecule has 1 fully saturated rings. The molecule has 10 heteroatoms. The second-order valence-electron chi connectivity index (χ2n) is 7.62. The van der Waals surface area contributed by atoms with Crippen molar-refractivity contribution in [3.05, 3.63) is 53.7 Å². The van der Waals surface area contributed by atoms with E-state index in [4.69, 9.17) is 10.5 Å². The standard InChI is InChI=1S/C21H20F3N3O3S/c22-21(23,24)20(19(25)29)8-1-2-9-27(20)14-4-3-5-15(11-14)30-18(28)13-6-7-17-16(10-13)26-12-31-17/h1-2,6-10,12,14-15H,3-5,11H2,(H2,25,29). The van der Waals surface area contributed by atoms with E-state index >= 15 is 0 Å². The largest absolute Gasteiger partial charge is 0.459 e. The summed E-state index contributed by atoms with van der Waals surface area (Å²) < 4.78 is 48.4. The highest BCUT2D eigenvalue weighted by molar-refractivity contribution is 7.16. The van der Waals surface area contributed by atoms with Crippen LogP contribution in [0, 0.1) is 0 Å². The minimum atomic E-state index is -4.90. The zero-order valence-corrected chi connectivity index (χ0v) is 17.2. The first kappa shape index (κ1) is 21.4. The average molecular weight is 451 g/mol.